The predicted molar refractivity (Wildman–Crippen MR) is 107 cm³/mol. The molecule has 1 amide bonds. The van der Waals surface area contributed by atoms with Crippen LogP contribution in [-0.4, -0.2) is 35.0 Å². The van der Waals surface area contributed by atoms with Gasteiger partial charge in [-0.25, -0.2) is 21.6 Å². The van der Waals surface area contributed by atoms with E-state index < -0.39 is 26.0 Å². The van der Waals surface area contributed by atoms with Gasteiger partial charge in [0.05, 0.1) is 16.8 Å². The summed E-state index contributed by atoms with van der Waals surface area (Å²) in [6.45, 7) is 1.74. The molecule has 1 aliphatic carbocycles. The Kier molecular flexibility index (Phi) is 5.46. The number of hydrogen-bond donors (Lipinski definition) is 3. The second kappa shape index (κ2) is 7.53. The third-order valence-electron chi connectivity index (χ3n) is 4.10. The maximum absolute atomic E-state index is 12.5. The molecule has 150 valence electrons. The molecule has 3 N–H and O–H groups in total. The molecule has 1 aliphatic rings. The van der Waals surface area contributed by atoms with E-state index >= 15 is 0 Å². The molecule has 10 heteroatoms. The fraction of sp³-hybridized carbons (Fsp3) is 0.278. The summed E-state index contributed by atoms with van der Waals surface area (Å²) in [7, 11) is -7.13. The molecule has 0 heterocycles. The van der Waals surface area contributed by atoms with Crippen LogP contribution in [0.4, 0.5) is 11.4 Å². The van der Waals surface area contributed by atoms with Gasteiger partial charge in [0, 0.05) is 17.3 Å². The molecule has 8 nitrogen and oxygen atoms in total. The van der Waals surface area contributed by atoms with Crippen LogP contribution in [0.1, 0.15) is 28.8 Å². The van der Waals surface area contributed by atoms with Gasteiger partial charge >= 0.3 is 0 Å². The lowest BCUT2D eigenvalue weighted by atomic mass is 10.1. The topological polar surface area (TPSA) is 121 Å². The van der Waals surface area contributed by atoms with E-state index in [4.69, 9.17) is 0 Å². The molecular weight excluding hydrogens is 402 g/mol. The lowest BCUT2D eigenvalue weighted by Crippen LogP contribution is -2.26. The number of sulfonamides is 2. The lowest BCUT2D eigenvalue weighted by Gasteiger charge is -2.12. The summed E-state index contributed by atoms with van der Waals surface area (Å²) in [5.74, 6) is -0.502. The molecule has 0 spiro atoms. The van der Waals surface area contributed by atoms with E-state index in [2.05, 4.69) is 14.8 Å². The van der Waals surface area contributed by atoms with Crippen molar-refractivity contribution >= 4 is 37.3 Å². The summed E-state index contributed by atoms with van der Waals surface area (Å²) in [5, 5.41) is 2.65. The zero-order chi connectivity index (χ0) is 20.5. The number of rotatable bonds is 7. The van der Waals surface area contributed by atoms with Crippen LogP contribution in [0, 0.1) is 6.92 Å². The van der Waals surface area contributed by atoms with E-state index in [9.17, 15) is 21.6 Å². The van der Waals surface area contributed by atoms with Crippen LogP contribution in [0.2, 0.25) is 0 Å². The normalized spacial score (nSPS) is 14.5. The van der Waals surface area contributed by atoms with Gasteiger partial charge in [-0.2, -0.15) is 0 Å². The van der Waals surface area contributed by atoms with Crippen molar-refractivity contribution in [2.24, 2.45) is 0 Å². The summed E-state index contributed by atoms with van der Waals surface area (Å²) in [6, 6.07) is 10.5. The number of carbonyl (C=O) groups excluding carboxylic acids is 1. The minimum atomic E-state index is -3.67. The second-order valence-electron chi connectivity index (χ2n) is 6.78. The maximum atomic E-state index is 12.5. The molecule has 0 unspecified atom stereocenters. The Morgan fingerprint density at radius 1 is 1.04 bits per heavy atom. The highest BCUT2D eigenvalue weighted by molar-refractivity contribution is 7.92. The average molecular weight is 424 g/mol. The van der Waals surface area contributed by atoms with Gasteiger partial charge in [-0.05, 0) is 55.7 Å². The predicted octanol–water partition coefficient (Wildman–Crippen LogP) is 2.06. The van der Waals surface area contributed by atoms with Gasteiger partial charge < -0.3 is 5.32 Å². The number of anilines is 2. The Morgan fingerprint density at radius 3 is 2.39 bits per heavy atom. The highest BCUT2D eigenvalue weighted by Gasteiger charge is 2.28. The van der Waals surface area contributed by atoms with E-state index in [1.165, 1.54) is 30.3 Å². The third kappa shape index (κ3) is 5.31. The van der Waals surface area contributed by atoms with Crippen molar-refractivity contribution in [2.45, 2.75) is 30.7 Å². The van der Waals surface area contributed by atoms with Gasteiger partial charge in [0.15, 0.2) is 0 Å². The first-order chi connectivity index (χ1) is 13.0. The Labute approximate surface area is 164 Å². The maximum Gasteiger partial charge on any atom is 0.255 e. The van der Waals surface area contributed by atoms with Gasteiger partial charge in [-0.3, -0.25) is 9.52 Å². The molecule has 0 bridgehead atoms. The number of hydrogen-bond acceptors (Lipinski definition) is 5. The fourth-order valence-electron chi connectivity index (χ4n) is 2.51. The summed E-state index contributed by atoms with van der Waals surface area (Å²) >= 11 is 0. The smallest absolute Gasteiger partial charge is 0.255 e. The van der Waals surface area contributed by atoms with E-state index in [-0.39, 0.29) is 16.5 Å². The molecule has 1 fully saturated rings. The zero-order valence-electron chi connectivity index (χ0n) is 15.4. The third-order valence-corrected chi connectivity index (χ3v) is 6.21. The minimum Gasteiger partial charge on any atom is -0.322 e. The van der Waals surface area contributed by atoms with Gasteiger partial charge in [-0.1, -0.05) is 12.1 Å². The van der Waals surface area contributed by atoms with Crippen LogP contribution in [-0.2, 0) is 20.0 Å². The second-order valence-corrected chi connectivity index (χ2v) is 10.2. The minimum absolute atomic E-state index is 0.0235. The first-order valence-corrected chi connectivity index (χ1v) is 11.9. The molecule has 1 saturated carbocycles. The highest BCUT2D eigenvalue weighted by Crippen LogP contribution is 2.24. The Hall–Kier alpha value is -2.43. The van der Waals surface area contributed by atoms with E-state index in [1.54, 1.807) is 19.1 Å². The largest absolute Gasteiger partial charge is 0.322 e. The van der Waals surface area contributed by atoms with Crippen LogP contribution in [0.5, 0.6) is 0 Å². The van der Waals surface area contributed by atoms with E-state index in [1.807, 2.05) is 0 Å². The highest BCUT2D eigenvalue weighted by atomic mass is 32.2. The molecule has 2 aromatic rings. The van der Waals surface area contributed by atoms with Crippen molar-refractivity contribution in [3.8, 4) is 0 Å². The van der Waals surface area contributed by atoms with Gasteiger partial charge in [0.25, 0.3) is 5.91 Å². The molecule has 0 aliphatic heterocycles. The molecule has 28 heavy (non-hydrogen) atoms. The first-order valence-electron chi connectivity index (χ1n) is 8.56. The van der Waals surface area contributed by atoms with Crippen molar-refractivity contribution in [3.63, 3.8) is 0 Å². The summed E-state index contributed by atoms with van der Waals surface area (Å²) in [5.41, 5.74) is 1.61. The monoisotopic (exact) mass is 423 g/mol. The number of carbonyl (C=O) groups is 1. The van der Waals surface area contributed by atoms with Crippen LogP contribution >= 0.6 is 0 Å². The molecule has 0 atom stereocenters. The van der Waals surface area contributed by atoms with E-state index in [0.29, 0.717) is 16.9 Å². The fourth-order valence-corrected chi connectivity index (χ4v) is 4.48. The molecular formula is C18H21N3O5S2. The Morgan fingerprint density at radius 2 is 1.75 bits per heavy atom. The molecule has 3 rings (SSSR count). The zero-order valence-corrected chi connectivity index (χ0v) is 17.0. The summed E-state index contributed by atoms with van der Waals surface area (Å²) < 4.78 is 52.5. The average Bonchev–Trinajstić information content (AvgIpc) is 3.40. The van der Waals surface area contributed by atoms with Crippen LogP contribution in [0.25, 0.3) is 0 Å². The van der Waals surface area contributed by atoms with Crippen molar-refractivity contribution in [1.82, 2.24) is 4.72 Å². The molecule has 0 aromatic heterocycles. The van der Waals surface area contributed by atoms with Crippen LogP contribution < -0.4 is 14.8 Å². The van der Waals surface area contributed by atoms with Gasteiger partial charge in [-0.15, -0.1) is 0 Å². The van der Waals surface area contributed by atoms with Crippen molar-refractivity contribution in [1.29, 1.82) is 0 Å². The van der Waals surface area contributed by atoms with Crippen molar-refractivity contribution in [2.75, 3.05) is 16.3 Å². The molecule has 0 saturated heterocycles. The number of aryl methyl sites for hydroxylation is 1. The SMILES string of the molecule is Cc1ccc(NC(=O)c2cccc(S(=O)(=O)NC3CC3)c2)cc1NS(C)(=O)=O. The van der Waals surface area contributed by atoms with Gasteiger partial charge in [0.2, 0.25) is 20.0 Å². The van der Waals surface area contributed by atoms with Crippen molar-refractivity contribution < 1.29 is 21.6 Å². The van der Waals surface area contributed by atoms with Crippen LogP contribution in [0.3, 0.4) is 0 Å². The van der Waals surface area contributed by atoms with Crippen LogP contribution in [0.15, 0.2) is 47.4 Å². The lowest BCUT2D eigenvalue weighted by molar-refractivity contribution is 0.102. The van der Waals surface area contributed by atoms with Gasteiger partial charge in [0.1, 0.15) is 0 Å². The van der Waals surface area contributed by atoms with E-state index in [0.717, 1.165) is 19.1 Å². The Balaban J connectivity index is 1.80. The summed E-state index contributed by atoms with van der Waals surface area (Å²) in [4.78, 5) is 12.6. The number of amides is 1. The number of nitrogens with one attached hydrogen (secondary N) is 3. The standard InChI is InChI=1S/C18H21N3O5S2/c1-12-6-7-15(11-17(12)21-27(2,23)24)19-18(22)13-4-3-5-16(10-13)28(25,26)20-14-8-9-14/h3-7,10-11,14,20-21H,8-9H2,1-2H3,(H,19,22). The molecule has 2 aromatic carbocycles. The Bertz CT molecular complexity index is 1120. The van der Waals surface area contributed by atoms with Crippen molar-refractivity contribution in [3.05, 3.63) is 53.6 Å². The quantitative estimate of drug-likeness (QED) is 0.629. The molecule has 0 radical (unpaired) electrons. The first kappa shape index (κ1) is 20.3. The summed E-state index contributed by atoms with van der Waals surface area (Å²) in [6.07, 6.45) is 2.67. The number of benzene rings is 2.